The Morgan fingerprint density at radius 2 is 1.90 bits per heavy atom. The van der Waals surface area contributed by atoms with Crippen LogP contribution < -0.4 is 29.6 Å². The molecule has 17 heteroatoms. The van der Waals surface area contributed by atoms with Crippen molar-refractivity contribution in [1.82, 2.24) is 15.5 Å². The molecule has 2 saturated heterocycles. The fourth-order valence-electron chi connectivity index (χ4n) is 7.91. The summed E-state index contributed by atoms with van der Waals surface area (Å²) < 4.78 is 68.9. The Hall–Kier alpha value is -4.40. The van der Waals surface area contributed by atoms with E-state index < -0.39 is 77.9 Å². The van der Waals surface area contributed by atoms with Gasteiger partial charge in [0.2, 0.25) is 6.79 Å². The van der Waals surface area contributed by atoms with Gasteiger partial charge in [0.1, 0.15) is 24.4 Å². The minimum atomic E-state index is -5.26. The van der Waals surface area contributed by atoms with Crippen LogP contribution in [0.5, 0.6) is 28.7 Å². The average molecular weight is 705 g/mol. The molecule has 2 aromatic rings. The van der Waals surface area contributed by atoms with Crippen LogP contribution in [0, 0.1) is 25.2 Å². The highest BCUT2D eigenvalue weighted by molar-refractivity contribution is 7.99. The second-order valence-corrected chi connectivity index (χ2v) is 13.7. The van der Waals surface area contributed by atoms with Crippen molar-refractivity contribution in [2.75, 3.05) is 26.3 Å². The first-order valence-corrected chi connectivity index (χ1v) is 16.4. The third-order valence-electron chi connectivity index (χ3n) is 9.71. The van der Waals surface area contributed by atoms with Crippen molar-refractivity contribution in [3.63, 3.8) is 0 Å². The van der Waals surface area contributed by atoms with Gasteiger partial charge in [0.05, 0.1) is 30.5 Å². The minimum absolute atomic E-state index is 0.106. The molecular weight excluding hydrogens is 673 g/mol. The smallest absolute Gasteiger partial charge is 0.471 e. The lowest BCUT2D eigenvalue weighted by molar-refractivity contribution is -0.175. The molecule has 0 aliphatic carbocycles. The zero-order chi connectivity index (χ0) is 35.1. The molecule has 7 atom stereocenters. The molecule has 49 heavy (non-hydrogen) atoms. The number of hydrogen-bond acceptors (Lipinski definition) is 13. The number of phenols is 1. The quantitative estimate of drug-likeness (QED) is 0.315. The Kier molecular flexibility index (Phi) is 8.03. The Balaban J connectivity index is 1.49. The molecule has 7 rings (SSSR count). The number of phenolic OH excluding ortho intramolecular Hbond substituents is 1. The predicted molar refractivity (Wildman–Crippen MR) is 163 cm³/mol. The van der Waals surface area contributed by atoms with Crippen LogP contribution in [0.4, 0.5) is 13.2 Å². The number of rotatable bonds is 3. The zero-order valence-corrected chi connectivity index (χ0v) is 27.4. The number of carbonyl (C=O) groups excluding carboxylic acids is 3. The normalized spacial score (nSPS) is 28.3. The Labute approximate surface area is 281 Å². The summed E-state index contributed by atoms with van der Waals surface area (Å²) in [5, 5.41) is 26.8. The van der Waals surface area contributed by atoms with E-state index >= 15 is 0 Å². The van der Waals surface area contributed by atoms with Crippen molar-refractivity contribution in [1.29, 1.82) is 5.26 Å². The summed E-state index contributed by atoms with van der Waals surface area (Å²) in [6.45, 7) is 4.06. The van der Waals surface area contributed by atoms with E-state index in [2.05, 4.69) is 11.4 Å². The number of amides is 1. The molecule has 0 saturated carbocycles. The number of esters is 2. The number of halogens is 3. The fourth-order valence-corrected chi connectivity index (χ4v) is 9.43. The molecule has 2 unspecified atom stereocenters. The van der Waals surface area contributed by atoms with Crippen LogP contribution in [0.2, 0.25) is 0 Å². The van der Waals surface area contributed by atoms with Gasteiger partial charge < -0.3 is 39.4 Å². The number of aryl methyl sites for hydroxylation is 1. The number of hydrogen-bond donors (Lipinski definition) is 3. The number of ether oxygens (including phenoxy) is 5. The second kappa shape index (κ2) is 11.9. The summed E-state index contributed by atoms with van der Waals surface area (Å²) in [6.07, 6.45) is -4.90. The number of cyclic esters (lactones) is 1. The van der Waals surface area contributed by atoms with Gasteiger partial charge in [0.25, 0.3) is 0 Å². The number of nitrogens with zero attached hydrogens (tertiary/aromatic N) is 2. The third-order valence-corrected chi connectivity index (χ3v) is 11.1. The summed E-state index contributed by atoms with van der Waals surface area (Å²) in [4.78, 5) is 39.8. The van der Waals surface area contributed by atoms with Crippen LogP contribution in [0.25, 0.3) is 0 Å². The summed E-state index contributed by atoms with van der Waals surface area (Å²) in [7, 11) is 1.43. The van der Waals surface area contributed by atoms with Crippen molar-refractivity contribution in [3.8, 4) is 34.8 Å². The van der Waals surface area contributed by atoms with E-state index in [-0.39, 0.29) is 24.0 Å². The van der Waals surface area contributed by atoms with E-state index in [9.17, 15) is 37.9 Å². The predicted octanol–water partition coefficient (Wildman–Crippen LogP) is 2.94. The van der Waals surface area contributed by atoms with Crippen LogP contribution in [0.1, 0.15) is 57.6 Å². The van der Waals surface area contributed by atoms with E-state index in [0.717, 1.165) is 17.3 Å². The van der Waals surface area contributed by atoms with E-state index in [0.29, 0.717) is 45.7 Å². The topological polar surface area (TPSA) is 169 Å². The number of thioether (sulfide) groups is 1. The highest BCUT2D eigenvalue weighted by atomic mass is 32.2. The Morgan fingerprint density at radius 3 is 2.57 bits per heavy atom. The van der Waals surface area contributed by atoms with Gasteiger partial charge >= 0.3 is 24.0 Å². The summed E-state index contributed by atoms with van der Waals surface area (Å²) >= 11 is 1.02. The first kappa shape index (κ1) is 33.1. The molecule has 2 aromatic carbocycles. The van der Waals surface area contributed by atoms with Crippen molar-refractivity contribution < 1.29 is 56.3 Å². The number of piperazine rings is 1. The van der Waals surface area contributed by atoms with Crippen molar-refractivity contribution >= 4 is 29.6 Å². The van der Waals surface area contributed by atoms with Crippen LogP contribution in [-0.4, -0.2) is 84.5 Å². The molecule has 3 N–H and O–H groups in total. The number of fused-ring (bicyclic) bond motifs is 9. The van der Waals surface area contributed by atoms with E-state index in [1.54, 1.807) is 19.2 Å². The molecule has 13 nitrogen and oxygen atoms in total. The number of benzene rings is 2. The van der Waals surface area contributed by atoms with Crippen molar-refractivity contribution in [3.05, 3.63) is 39.4 Å². The van der Waals surface area contributed by atoms with Crippen molar-refractivity contribution in [2.24, 2.45) is 0 Å². The standard InChI is InChI=1S/C32H31F3N4O9S/c1-11-5-14-6-15-17(7-36)39-18-8-45-30(42)16(38-31(43)32(33,34)35)9-49-29(23(39)22(37-15)19(14)24(41)25(11)44-4)21-20(18)28-27(46-10-47-28)12(2)26(21)48-13(3)40/h5,15-18,22-23,29,37,41H,6,8-10H2,1-4H3,(H,38,43)/t15-,16?,17-,18-,22+,23?,29+/m0/s1. The number of carbonyl (C=O) groups is 3. The second-order valence-electron chi connectivity index (χ2n) is 12.5. The van der Waals surface area contributed by atoms with E-state index in [1.807, 2.05) is 11.0 Å². The number of nitrogens with one attached hydrogen (secondary N) is 2. The summed E-state index contributed by atoms with van der Waals surface area (Å²) in [6, 6.07) is -1.10. The monoisotopic (exact) mass is 704 g/mol. The SMILES string of the molecule is COc1c(C)cc2c(c1O)[C@H]1N[C@@H](C2)[C@H](C#N)N2C1[C@@H]1SCC(NC(=O)C(F)(F)F)C(=O)OC[C@H]2c2c3c(c(C)c(OC(C)=O)c21)OCO3. The van der Waals surface area contributed by atoms with Gasteiger partial charge in [0, 0.05) is 47.0 Å². The maximum absolute atomic E-state index is 13.3. The molecule has 5 heterocycles. The van der Waals surface area contributed by atoms with Crippen LogP contribution in [0.15, 0.2) is 6.07 Å². The number of alkyl halides is 3. The highest BCUT2D eigenvalue weighted by Gasteiger charge is 2.59. The largest absolute Gasteiger partial charge is 0.504 e. The van der Waals surface area contributed by atoms with Gasteiger partial charge in [0.15, 0.2) is 23.0 Å². The molecular formula is C32H31F3N4O9S. The number of nitriles is 1. The van der Waals surface area contributed by atoms with Gasteiger partial charge in [-0.05, 0) is 31.4 Å². The maximum atomic E-state index is 13.3. The molecule has 0 radical (unpaired) electrons. The van der Waals surface area contributed by atoms with Gasteiger partial charge in [-0.25, -0.2) is 4.79 Å². The number of methoxy groups -OCH3 is 1. The zero-order valence-electron chi connectivity index (χ0n) is 26.6. The van der Waals surface area contributed by atoms with Crippen molar-refractivity contribution in [2.45, 2.75) is 74.9 Å². The first-order valence-electron chi connectivity index (χ1n) is 15.4. The van der Waals surface area contributed by atoms with E-state index in [1.165, 1.54) is 14.0 Å². The molecule has 1 amide bonds. The molecule has 0 aromatic heterocycles. The third kappa shape index (κ3) is 5.10. The molecule has 2 fully saturated rings. The molecule has 4 bridgehead atoms. The van der Waals surface area contributed by atoms with Crippen LogP contribution in [-0.2, 0) is 25.5 Å². The summed E-state index contributed by atoms with van der Waals surface area (Å²) in [5.41, 5.74) is 3.30. The summed E-state index contributed by atoms with van der Waals surface area (Å²) in [5.74, 6) is -3.56. The lowest BCUT2D eigenvalue weighted by Crippen LogP contribution is -2.69. The van der Waals surface area contributed by atoms with Gasteiger partial charge in [-0.3, -0.25) is 14.5 Å². The molecule has 5 aliphatic rings. The Bertz CT molecular complexity index is 1830. The molecule has 5 aliphatic heterocycles. The fraction of sp³-hybridized carbons (Fsp3) is 0.500. The highest BCUT2D eigenvalue weighted by Crippen LogP contribution is 2.62. The Morgan fingerprint density at radius 1 is 1.16 bits per heavy atom. The molecule has 0 spiro atoms. The average Bonchev–Trinajstić information content (AvgIpc) is 3.53. The molecule has 260 valence electrons. The lowest BCUT2D eigenvalue weighted by atomic mass is 9.72. The van der Waals surface area contributed by atoms with Crippen LogP contribution >= 0.6 is 11.8 Å². The van der Waals surface area contributed by atoms with E-state index in [4.69, 9.17) is 23.7 Å². The van der Waals surface area contributed by atoms with Gasteiger partial charge in [-0.1, -0.05) is 6.07 Å². The minimum Gasteiger partial charge on any atom is -0.504 e. The maximum Gasteiger partial charge on any atom is 0.471 e. The van der Waals surface area contributed by atoms with Gasteiger partial charge in [-0.15, -0.1) is 11.8 Å². The first-order chi connectivity index (χ1) is 23.3. The van der Waals surface area contributed by atoms with Gasteiger partial charge in [-0.2, -0.15) is 18.4 Å². The number of aromatic hydroxyl groups is 1. The lowest BCUT2D eigenvalue weighted by Gasteiger charge is -2.59. The van der Waals surface area contributed by atoms with Crippen LogP contribution in [0.3, 0.4) is 0 Å².